The van der Waals surface area contributed by atoms with Gasteiger partial charge in [0.1, 0.15) is 34.5 Å². The van der Waals surface area contributed by atoms with Crippen LogP contribution >= 0.6 is 11.6 Å². The molecule has 1 aromatic heterocycles. The van der Waals surface area contributed by atoms with E-state index in [0.29, 0.717) is 0 Å². The van der Waals surface area contributed by atoms with Gasteiger partial charge < -0.3 is 19.3 Å². The van der Waals surface area contributed by atoms with E-state index in [1.54, 1.807) is 0 Å². The zero-order chi connectivity index (χ0) is 38.5. The van der Waals surface area contributed by atoms with Gasteiger partial charge in [0.2, 0.25) is 0 Å². The number of ether oxygens (including phenoxy) is 3. The molecule has 7 aromatic rings. The molecule has 0 aliphatic carbocycles. The van der Waals surface area contributed by atoms with Crippen molar-refractivity contribution in [3.8, 4) is 0 Å². The molecular formula is C47H39ClN2O6. The first kappa shape index (κ1) is 37.1. The zero-order valence-electron chi connectivity index (χ0n) is 30.2. The summed E-state index contributed by atoms with van der Waals surface area (Å²) in [5.74, 6) is 0. The highest BCUT2D eigenvalue weighted by Crippen LogP contribution is 2.46. The van der Waals surface area contributed by atoms with Gasteiger partial charge in [-0.1, -0.05) is 194 Å². The van der Waals surface area contributed by atoms with Crippen molar-refractivity contribution < 1.29 is 19.3 Å². The van der Waals surface area contributed by atoms with Crippen molar-refractivity contribution in [2.24, 2.45) is 0 Å². The summed E-state index contributed by atoms with van der Waals surface area (Å²) in [5, 5.41) is 12.2. The van der Waals surface area contributed by atoms with E-state index >= 15 is 0 Å². The summed E-state index contributed by atoms with van der Waals surface area (Å²) in [7, 11) is 0. The fourth-order valence-electron chi connectivity index (χ4n) is 7.78. The van der Waals surface area contributed by atoms with Gasteiger partial charge in [0.05, 0.1) is 6.61 Å². The van der Waals surface area contributed by atoms with Crippen LogP contribution < -0.4 is 11.2 Å². The molecule has 1 fully saturated rings. The molecule has 8 nitrogen and oxygen atoms in total. The van der Waals surface area contributed by atoms with E-state index in [1.807, 2.05) is 182 Å². The number of nitrogens with one attached hydrogen (secondary N) is 1. The smallest absolute Gasteiger partial charge is 0.330 e. The van der Waals surface area contributed by atoms with Gasteiger partial charge in [0.25, 0.3) is 5.56 Å². The van der Waals surface area contributed by atoms with Gasteiger partial charge in [0.15, 0.2) is 6.23 Å². The van der Waals surface area contributed by atoms with E-state index in [9.17, 15) is 14.7 Å². The molecule has 0 bridgehead atoms. The predicted octanol–water partition coefficient (Wildman–Crippen LogP) is 7.83. The molecule has 4 atom stereocenters. The van der Waals surface area contributed by atoms with E-state index in [1.165, 1.54) is 6.20 Å². The van der Waals surface area contributed by atoms with Gasteiger partial charge in [-0.2, -0.15) is 0 Å². The molecule has 0 radical (unpaired) electrons. The maximum absolute atomic E-state index is 13.3. The molecular weight excluding hydrogens is 724 g/mol. The molecule has 1 aliphatic rings. The van der Waals surface area contributed by atoms with Gasteiger partial charge >= 0.3 is 5.69 Å². The molecule has 0 saturated carbocycles. The van der Waals surface area contributed by atoms with Gasteiger partial charge in [-0.3, -0.25) is 14.3 Å². The average molecular weight is 763 g/mol. The zero-order valence-corrected chi connectivity index (χ0v) is 31.0. The molecule has 280 valence electrons. The van der Waals surface area contributed by atoms with Crippen molar-refractivity contribution >= 4 is 11.6 Å². The number of aromatic amines is 1. The number of nitrogens with zero attached hydrogens (tertiary/aromatic N) is 1. The monoisotopic (exact) mass is 762 g/mol. The highest BCUT2D eigenvalue weighted by Gasteiger charge is 2.52. The molecule has 0 spiro atoms. The Kier molecular flexibility index (Phi) is 10.6. The van der Waals surface area contributed by atoms with Crippen LogP contribution in [0, 0.1) is 0 Å². The minimum Gasteiger partial charge on any atom is -0.386 e. The number of benzene rings is 6. The second-order valence-corrected chi connectivity index (χ2v) is 14.1. The number of rotatable bonds is 12. The first-order chi connectivity index (χ1) is 27.4. The first-order valence-electron chi connectivity index (χ1n) is 18.4. The normalized spacial score (nSPS) is 18.5. The van der Waals surface area contributed by atoms with Crippen molar-refractivity contribution in [1.29, 1.82) is 0 Å². The first-order valence-corrected chi connectivity index (χ1v) is 18.8. The third kappa shape index (κ3) is 6.83. The lowest BCUT2D eigenvalue weighted by Crippen LogP contribution is -2.47. The fourth-order valence-corrected chi connectivity index (χ4v) is 7.93. The highest BCUT2D eigenvalue weighted by atomic mass is 35.5. The number of H-pyrrole nitrogens is 1. The van der Waals surface area contributed by atoms with Crippen LogP contribution in [0.4, 0.5) is 0 Å². The van der Waals surface area contributed by atoms with Crippen LogP contribution in [0.2, 0.25) is 5.02 Å². The number of hydrogen-bond acceptors (Lipinski definition) is 6. The minimum absolute atomic E-state index is 0.100. The predicted molar refractivity (Wildman–Crippen MR) is 215 cm³/mol. The van der Waals surface area contributed by atoms with Crippen molar-refractivity contribution in [3.63, 3.8) is 0 Å². The molecule has 8 rings (SSSR count). The Morgan fingerprint density at radius 1 is 0.589 bits per heavy atom. The summed E-state index contributed by atoms with van der Waals surface area (Å²) in [6.45, 7) is -0.100. The van der Waals surface area contributed by atoms with Crippen LogP contribution in [0.25, 0.3) is 0 Å². The maximum Gasteiger partial charge on any atom is 0.330 e. The minimum atomic E-state index is -1.45. The number of aliphatic hydroxyl groups is 1. The molecule has 0 amide bonds. The van der Waals surface area contributed by atoms with Gasteiger partial charge in [0, 0.05) is 6.20 Å². The molecule has 0 unspecified atom stereocenters. The van der Waals surface area contributed by atoms with Crippen molar-refractivity contribution in [1.82, 2.24) is 9.55 Å². The fraction of sp³-hybridized carbons (Fsp3) is 0.149. The van der Waals surface area contributed by atoms with Crippen molar-refractivity contribution in [3.05, 3.63) is 247 Å². The van der Waals surface area contributed by atoms with E-state index in [4.69, 9.17) is 25.8 Å². The SMILES string of the molecule is O=c1[nH]c(=O)n([C@@H]2O[C@H](COC(c3ccccc3)(c3ccccc3)c3ccccc3)[C@@H](OC(c3ccccc3)(c3ccccc3)c3ccccc3)[C@H]2O)cc1Cl. The third-order valence-electron chi connectivity index (χ3n) is 10.4. The van der Waals surface area contributed by atoms with E-state index in [0.717, 1.165) is 37.9 Å². The topological polar surface area (TPSA) is 103 Å². The van der Waals surface area contributed by atoms with Crippen molar-refractivity contribution in [2.45, 2.75) is 35.7 Å². The summed E-state index contributed by atoms with van der Waals surface area (Å²) >= 11 is 6.26. The van der Waals surface area contributed by atoms with Crippen molar-refractivity contribution in [2.75, 3.05) is 6.61 Å². The van der Waals surface area contributed by atoms with Crippen LogP contribution in [0.15, 0.2) is 198 Å². The Labute approximate surface area is 329 Å². The standard InChI is InChI=1S/C47H39ClN2O6/c48-39-31-50(45(53)49-43(39)52)44-41(51)42(56-47(36-25-13-4-14-26-36,37-27-15-5-16-28-37)38-29-17-6-18-30-38)40(55-44)32-54-46(33-19-7-1-8-20-33,34-21-9-2-10-22-34)35-23-11-3-12-24-35/h1-31,40-42,44,51H,32H2,(H,49,52,53)/t40-,41-,42-,44-/m1/s1. The second kappa shape index (κ2) is 16.1. The molecule has 56 heavy (non-hydrogen) atoms. The summed E-state index contributed by atoms with van der Waals surface area (Å²) < 4.78 is 22.5. The molecule has 1 aliphatic heterocycles. The lowest BCUT2D eigenvalue weighted by atomic mass is 9.79. The number of hydrogen-bond donors (Lipinski definition) is 2. The van der Waals surface area contributed by atoms with Crippen LogP contribution in [0.1, 0.15) is 39.6 Å². The average Bonchev–Trinajstić information content (AvgIpc) is 3.56. The lowest BCUT2D eigenvalue weighted by Gasteiger charge is -2.41. The summed E-state index contributed by atoms with van der Waals surface area (Å²) in [6.07, 6.45) is -3.66. The molecule has 9 heteroatoms. The third-order valence-corrected chi connectivity index (χ3v) is 10.6. The quantitative estimate of drug-likeness (QED) is 0.123. The maximum atomic E-state index is 13.3. The van der Waals surface area contributed by atoms with Crippen LogP contribution in [0.3, 0.4) is 0 Å². The molecule has 1 saturated heterocycles. The molecule has 6 aromatic carbocycles. The largest absolute Gasteiger partial charge is 0.386 e. The Bertz CT molecular complexity index is 2270. The van der Waals surface area contributed by atoms with Crippen LogP contribution in [-0.2, 0) is 25.4 Å². The lowest BCUT2D eigenvalue weighted by molar-refractivity contribution is -0.131. The van der Waals surface area contributed by atoms with Gasteiger partial charge in [-0.25, -0.2) is 4.79 Å². The number of aliphatic hydroxyl groups excluding tert-OH is 1. The Morgan fingerprint density at radius 3 is 1.32 bits per heavy atom. The summed E-state index contributed by atoms with van der Waals surface area (Å²) in [4.78, 5) is 27.9. The second-order valence-electron chi connectivity index (χ2n) is 13.7. The number of aromatic nitrogens is 2. The van der Waals surface area contributed by atoms with E-state index in [-0.39, 0.29) is 11.6 Å². The van der Waals surface area contributed by atoms with Gasteiger partial charge in [-0.05, 0) is 33.4 Å². The van der Waals surface area contributed by atoms with Gasteiger partial charge in [-0.15, -0.1) is 0 Å². The summed E-state index contributed by atoms with van der Waals surface area (Å²) in [6, 6.07) is 59.2. The molecule has 2 N–H and O–H groups in total. The number of halogens is 1. The van der Waals surface area contributed by atoms with Crippen LogP contribution in [0.5, 0.6) is 0 Å². The molecule has 2 heterocycles. The summed E-state index contributed by atoms with van der Waals surface area (Å²) in [5.41, 5.74) is 1.11. The highest BCUT2D eigenvalue weighted by molar-refractivity contribution is 6.30. The van der Waals surface area contributed by atoms with E-state index < -0.39 is 47.0 Å². The Balaban J connectivity index is 1.30. The van der Waals surface area contributed by atoms with E-state index in [2.05, 4.69) is 4.98 Å². The Hall–Kier alpha value is -5.87. The Morgan fingerprint density at radius 2 is 0.946 bits per heavy atom. The van der Waals surface area contributed by atoms with Crippen LogP contribution in [-0.4, -0.2) is 39.6 Å².